The van der Waals surface area contributed by atoms with Crippen molar-refractivity contribution in [2.45, 2.75) is 6.92 Å². The van der Waals surface area contributed by atoms with E-state index < -0.39 is 0 Å². The van der Waals surface area contributed by atoms with Gasteiger partial charge in [0.05, 0.1) is 0 Å². The number of aryl methyl sites for hydroxylation is 1. The highest BCUT2D eigenvalue weighted by atomic mass is 35.5. The van der Waals surface area contributed by atoms with Crippen molar-refractivity contribution >= 4 is 11.6 Å². The predicted molar refractivity (Wildman–Crippen MR) is 61.5 cm³/mol. The second-order valence-corrected chi connectivity index (χ2v) is 3.65. The number of halogens is 1. The van der Waals surface area contributed by atoms with Gasteiger partial charge in [-0.15, -0.1) is 0 Å². The van der Waals surface area contributed by atoms with Gasteiger partial charge < -0.3 is 4.74 Å². The molecule has 0 aliphatic carbocycles. The van der Waals surface area contributed by atoms with Gasteiger partial charge in [0.25, 0.3) is 0 Å². The molecule has 2 rings (SSSR count). The Kier molecular flexibility index (Phi) is 2.93. The molecule has 0 saturated carbocycles. The van der Waals surface area contributed by atoms with Gasteiger partial charge in [0.1, 0.15) is 11.5 Å². The van der Waals surface area contributed by atoms with Crippen LogP contribution < -0.4 is 4.74 Å². The molecule has 0 aromatic heterocycles. The molecule has 0 aliphatic heterocycles. The molecule has 0 bridgehead atoms. The molecule has 0 fully saturated rings. The molecule has 2 aromatic rings. The Balaban J connectivity index is 2.22. The minimum absolute atomic E-state index is 0.707. The molecule has 0 amide bonds. The van der Waals surface area contributed by atoms with Gasteiger partial charge in [-0.3, -0.25) is 0 Å². The van der Waals surface area contributed by atoms with Gasteiger partial charge in [0.15, 0.2) is 0 Å². The summed E-state index contributed by atoms with van der Waals surface area (Å²) in [5.41, 5.74) is 0.993. The highest BCUT2D eigenvalue weighted by molar-refractivity contribution is 6.30. The summed E-state index contributed by atoms with van der Waals surface area (Å²) in [6, 6.07) is 16.1. The van der Waals surface area contributed by atoms with Crippen LogP contribution in [0.1, 0.15) is 5.56 Å². The van der Waals surface area contributed by atoms with E-state index in [2.05, 4.69) is 6.07 Å². The van der Waals surface area contributed by atoms with Crippen molar-refractivity contribution < 1.29 is 4.74 Å². The standard InChI is InChI=1S/C13H10ClO/c1-10-4-2-3-5-13(10)15-12-8-6-11(14)7-9-12/h2-3,5-9H,1H3. The summed E-state index contributed by atoms with van der Waals surface area (Å²) in [6.07, 6.45) is 0. The van der Waals surface area contributed by atoms with E-state index in [1.165, 1.54) is 0 Å². The molecule has 75 valence electrons. The molecule has 0 aliphatic rings. The van der Waals surface area contributed by atoms with E-state index in [0.29, 0.717) is 5.02 Å². The van der Waals surface area contributed by atoms with Crippen molar-refractivity contribution in [3.05, 3.63) is 59.1 Å². The van der Waals surface area contributed by atoms with Gasteiger partial charge in [0.2, 0.25) is 0 Å². The Morgan fingerprint density at radius 3 is 2.53 bits per heavy atom. The van der Waals surface area contributed by atoms with Crippen molar-refractivity contribution in [1.82, 2.24) is 0 Å². The molecule has 0 atom stereocenters. The monoisotopic (exact) mass is 217 g/mol. The summed E-state index contributed by atoms with van der Waals surface area (Å²) in [6.45, 7) is 1.96. The fourth-order valence-electron chi connectivity index (χ4n) is 1.24. The first kappa shape index (κ1) is 10.1. The van der Waals surface area contributed by atoms with Crippen LogP contribution in [-0.4, -0.2) is 0 Å². The lowest BCUT2D eigenvalue weighted by Crippen LogP contribution is -1.86. The normalized spacial score (nSPS) is 10.0. The zero-order valence-electron chi connectivity index (χ0n) is 8.33. The quantitative estimate of drug-likeness (QED) is 0.731. The lowest BCUT2D eigenvalue weighted by Gasteiger charge is -2.07. The minimum atomic E-state index is 0.707. The van der Waals surface area contributed by atoms with Crippen molar-refractivity contribution in [2.24, 2.45) is 0 Å². The van der Waals surface area contributed by atoms with E-state index in [-0.39, 0.29) is 0 Å². The van der Waals surface area contributed by atoms with Gasteiger partial charge in [-0.2, -0.15) is 0 Å². The van der Waals surface area contributed by atoms with Gasteiger partial charge in [-0.1, -0.05) is 23.7 Å². The Morgan fingerprint density at radius 1 is 1.13 bits per heavy atom. The summed E-state index contributed by atoms with van der Waals surface area (Å²) >= 11 is 5.78. The number of hydrogen-bond donors (Lipinski definition) is 0. The SMILES string of the molecule is Cc1[c]cccc1Oc1ccc(Cl)cc1. The molecule has 1 nitrogen and oxygen atoms in total. The van der Waals surface area contributed by atoms with Crippen LogP contribution in [0.2, 0.25) is 5.02 Å². The molecule has 0 heterocycles. The first-order chi connectivity index (χ1) is 7.25. The second kappa shape index (κ2) is 4.37. The number of benzene rings is 2. The van der Waals surface area contributed by atoms with E-state index in [1.807, 2.05) is 37.3 Å². The van der Waals surface area contributed by atoms with Crippen LogP contribution in [0.15, 0.2) is 42.5 Å². The lowest BCUT2D eigenvalue weighted by atomic mass is 10.2. The zero-order valence-corrected chi connectivity index (χ0v) is 9.08. The van der Waals surface area contributed by atoms with Crippen molar-refractivity contribution in [1.29, 1.82) is 0 Å². The first-order valence-corrected chi connectivity index (χ1v) is 5.04. The minimum Gasteiger partial charge on any atom is -0.457 e. The third-order valence-electron chi connectivity index (χ3n) is 2.05. The van der Waals surface area contributed by atoms with E-state index in [4.69, 9.17) is 16.3 Å². The van der Waals surface area contributed by atoms with Gasteiger partial charge in [-0.25, -0.2) is 0 Å². The number of hydrogen-bond acceptors (Lipinski definition) is 1. The molecule has 15 heavy (non-hydrogen) atoms. The fraction of sp³-hybridized carbons (Fsp3) is 0.0769. The molecule has 0 unspecified atom stereocenters. The number of ether oxygens (including phenoxy) is 1. The van der Waals surface area contributed by atoms with Crippen LogP contribution in [0, 0.1) is 13.0 Å². The molecular weight excluding hydrogens is 208 g/mol. The van der Waals surface area contributed by atoms with Crippen LogP contribution >= 0.6 is 11.6 Å². The summed E-state index contributed by atoms with van der Waals surface area (Å²) in [4.78, 5) is 0. The maximum atomic E-state index is 5.78. The van der Waals surface area contributed by atoms with Crippen LogP contribution in [0.5, 0.6) is 11.5 Å². The predicted octanol–water partition coefficient (Wildman–Crippen LogP) is 4.24. The fourth-order valence-corrected chi connectivity index (χ4v) is 1.37. The highest BCUT2D eigenvalue weighted by Crippen LogP contribution is 2.25. The third-order valence-corrected chi connectivity index (χ3v) is 2.31. The van der Waals surface area contributed by atoms with Gasteiger partial charge in [-0.05, 0) is 48.9 Å². The summed E-state index contributed by atoms with van der Waals surface area (Å²) in [7, 11) is 0. The summed E-state index contributed by atoms with van der Waals surface area (Å²) < 4.78 is 5.67. The highest BCUT2D eigenvalue weighted by Gasteiger charge is 1.99. The van der Waals surface area contributed by atoms with Gasteiger partial charge >= 0.3 is 0 Å². The molecule has 0 saturated heterocycles. The number of rotatable bonds is 2. The Bertz CT molecular complexity index is 448. The Morgan fingerprint density at radius 2 is 1.87 bits per heavy atom. The average molecular weight is 218 g/mol. The van der Waals surface area contributed by atoms with E-state index >= 15 is 0 Å². The smallest absolute Gasteiger partial charge is 0.130 e. The van der Waals surface area contributed by atoms with Gasteiger partial charge in [0, 0.05) is 5.02 Å². The van der Waals surface area contributed by atoms with Crippen molar-refractivity contribution in [3.8, 4) is 11.5 Å². The van der Waals surface area contributed by atoms with Crippen LogP contribution in [0.25, 0.3) is 0 Å². The second-order valence-electron chi connectivity index (χ2n) is 3.22. The van der Waals surface area contributed by atoms with E-state index in [0.717, 1.165) is 17.1 Å². The first-order valence-electron chi connectivity index (χ1n) is 4.66. The third kappa shape index (κ3) is 2.51. The Hall–Kier alpha value is -1.47. The van der Waals surface area contributed by atoms with E-state index in [9.17, 15) is 0 Å². The Labute approximate surface area is 94.3 Å². The maximum absolute atomic E-state index is 5.78. The lowest BCUT2D eigenvalue weighted by molar-refractivity contribution is 0.479. The van der Waals surface area contributed by atoms with Crippen molar-refractivity contribution in [2.75, 3.05) is 0 Å². The van der Waals surface area contributed by atoms with Crippen LogP contribution in [-0.2, 0) is 0 Å². The molecule has 2 aromatic carbocycles. The van der Waals surface area contributed by atoms with Crippen molar-refractivity contribution in [3.63, 3.8) is 0 Å². The zero-order chi connectivity index (χ0) is 10.7. The van der Waals surface area contributed by atoms with Crippen LogP contribution in [0.3, 0.4) is 0 Å². The van der Waals surface area contributed by atoms with E-state index in [1.54, 1.807) is 12.1 Å². The van der Waals surface area contributed by atoms with Crippen LogP contribution in [0.4, 0.5) is 0 Å². The molecule has 0 spiro atoms. The molecule has 1 radical (unpaired) electrons. The maximum Gasteiger partial charge on any atom is 0.130 e. The molecule has 2 heteroatoms. The largest absolute Gasteiger partial charge is 0.457 e. The molecular formula is C13H10ClO. The summed E-state index contributed by atoms with van der Waals surface area (Å²) in [5.74, 6) is 1.60. The topological polar surface area (TPSA) is 9.23 Å². The molecule has 0 N–H and O–H groups in total. The summed E-state index contributed by atoms with van der Waals surface area (Å²) in [5, 5.41) is 0.707. The average Bonchev–Trinajstić information content (AvgIpc) is 2.25.